The number of carbonyl (C=O) groups is 3. The number of ether oxygens (including phenoxy) is 1. The van der Waals surface area contributed by atoms with Crippen LogP contribution in [0.4, 0.5) is 5.69 Å². The molecule has 1 aromatic carbocycles. The summed E-state index contributed by atoms with van der Waals surface area (Å²) in [5, 5.41) is 2.70. The van der Waals surface area contributed by atoms with Crippen molar-refractivity contribution in [1.29, 1.82) is 0 Å². The van der Waals surface area contributed by atoms with Crippen LogP contribution in [-0.4, -0.2) is 28.8 Å². The van der Waals surface area contributed by atoms with E-state index < -0.39 is 23.3 Å². The molecule has 0 aliphatic heterocycles. The van der Waals surface area contributed by atoms with Crippen molar-refractivity contribution in [1.82, 2.24) is 0 Å². The molecule has 4 saturated carbocycles. The van der Waals surface area contributed by atoms with Crippen LogP contribution in [0.15, 0.2) is 24.3 Å². The normalized spacial score (nSPS) is 33.9. The third kappa shape index (κ3) is 3.50. The van der Waals surface area contributed by atoms with E-state index in [1.54, 1.807) is 19.1 Å². The molecule has 150 valence electrons. The minimum absolute atomic E-state index is 0.281. The molecule has 3 N–H and O–H groups in total. The number of carbonyl (C=O) groups excluding carboxylic acids is 3. The Labute approximate surface area is 169 Å². The van der Waals surface area contributed by atoms with Crippen molar-refractivity contribution in [3.05, 3.63) is 29.8 Å². The first-order valence-electron chi connectivity index (χ1n) is 9.79. The molecule has 4 bridgehead atoms. The van der Waals surface area contributed by atoms with E-state index in [0.29, 0.717) is 29.5 Å². The predicted molar refractivity (Wildman–Crippen MR) is 105 cm³/mol. The van der Waals surface area contributed by atoms with Crippen LogP contribution in [-0.2, 0) is 14.3 Å². The fourth-order valence-electron chi connectivity index (χ4n) is 5.69. The SMILES string of the molecule is C[C@@H](OC(=O)C12C[C@@H]3C[C@@H](CC(Cl)(C3)C1)C2)C(=O)Nc1ccc(C(N)=O)cc1. The van der Waals surface area contributed by atoms with Crippen LogP contribution in [0.2, 0.25) is 0 Å². The molecule has 5 atom stereocenters. The molecule has 5 rings (SSSR count). The Kier molecular flexibility index (Phi) is 4.65. The number of anilines is 1. The minimum atomic E-state index is -0.914. The van der Waals surface area contributed by atoms with Crippen molar-refractivity contribution in [3.8, 4) is 0 Å². The van der Waals surface area contributed by atoms with Crippen LogP contribution >= 0.6 is 11.6 Å². The topological polar surface area (TPSA) is 98.5 Å². The third-order valence-electron chi connectivity index (χ3n) is 6.51. The number of esters is 1. The highest BCUT2D eigenvalue weighted by Crippen LogP contribution is 2.64. The van der Waals surface area contributed by atoms with Gasteiger partial charge in [-0.05, 0) is 81.5 Å². The van der Waals surface area contributed by atoms with Gasteiger partial charge in [-0.3, -0.25) is 14.4 Å². The molecule has 4 aliphatic carbocycles. The zero-order valence-corrected chi connectivity index (χ0v) is 16.6. The van der Waals surface area contributed by atoms with E-state index in [1.807, 2.05) is 0 Å². The van der Waals surface area contributed by atoms with Crippen molar-refractivity contribution in [2.75, 3.05) is 5.32 Å². The number of nitrogens with two attached hydrogens (primary N) is 1. The number of primary amides is 1. The van der Waals surface area contributed by atoms with Gasteiger partial charge in [-0.25, -0.2) is 0 Å². The summed E-state index contributed by atoms with van der Waals surface area (Å²) in [5.41, 5.74) is 5.53. The van der Waals surface area contributed by atoms with Gasteiger partial charge < -0.3 is 15.8 Å². The summed E-state index contributed by atoms with van der Waals surface area (Å²) in [6, 6.07) is 6.24. The quantitative estimate of drug-likeness (QED) is 0.581. The molecule has 1 aromatic rings. The Balaban J connectivity index is 1.39. The van der Waals surface area contributed by atoms with Gasteiger partial charge in [-0.2, -0.15) is 0 Å². The first-order valence-corrected chi connectivity index (χ1v) is 10.2. The van der Waals surface area contributed by atoms with E-state index in [1.165, 1.54) is 12.1 Å². The summed E-state index contributed by atoms with van der Waals surface area (Å²) in [4.78, 5) is 36.3. The zero-order chi connectivity index (χ0) is 20.1. The highest BCUT2D eigenvalue weighted by atomic mass is 35.5. The Bertz CT molecular complexity index is 808. The van der Waals surface area contributed by atoms with Crippen molar-refractivity contribution >= 4 is 35.1 Å². The lowest BCUT2D eigenvalue weighted by Gasteiger charge is -2.58. The standard InChI is InChI=1S/C21H25ClN2O4/c1-12(18(26)24-16-4-2-15(3-5-16)17(23)25)28-19(27)20-7-13-6-14(8-20)10-21(22,9-13)11-20/h2-5,12-14H,6-11H2,1H3,(H2,23,25)(H,24,26)/t12-,13-,14+,20?,21?/m1/s1. The summed E-state index contributed by atoms with van der Waals surface area (Å²) in [7, 11) is 0. The largest absolute Gasteiger partial charge is 0.452 e. The molecule has 0 heterocycles. The molecule has 0 saturated heterocycles. The number of hydrogen-bond acceptors (Lipinski definition) is 4. The van der Waals surface area contributed by atoms with Gasteiger partial charge in [-0.15, -0.1) is 11.6 Å². The second kappa shape index (κ2) is 6.76. The smallest absolute Gasteiger partial charge is 0.312 e. The van der Waals surface area contributed by atoms with Gasteiger partial charge in [0, 0.05) is 16.1 Å². The second-order valence-electron chi connectivity index (χ2n) is 8.87. The molecule has 28 heavy (non-hydrogen) atoms. The lowest BCUT2D eigenvalue weighted by Crippen LogP contribution is -2.57. The van der Waals surface area contributed by atoms with E-state index in [2.05, 4.69) is 5.32 Å². The van der Waals surface area contributed by atoms with Crippen LogP contribution in [0, 0.1) is 17.3 Å². The molecule has 0 aromatic heterocycles. The van der Waals surface area contributed by atoms with Crippen molar-refractivity contribution in [3.63, 3.8) is 0 Å². The Hall–Kier alpha value is -2.08. The molecule has 0 radical (unpaired) electrons. The average molecular weight is 405 g/mol. The monoisotopic (exact) mass is 404 g/mol. The van der Waals surface area contributed by atoms with Gasteiger partial charge in [0.2, 0.25) is 5.91 Å². The summed E-state index contributed by atoms with van der Waals surface area (Å²) < 4.78 is 5.59. The first-order chi connectivity index (χ1) is 13.2. The predicted octanol–water partition coefficient (Wildman–Crippen LogP) is 3.23. The highest BCUT2D eigenvalue weighted by Gasteiger charge is 2.61. The molecule has 7 heteroatoms. The van der Waals surface area contributed by atoms with Crippen LogP contribution < -0.4 is 11.1 Å². The van der Waals surface area contributed by atoms with Crippen molar-refractivity contribution in [2.24, 2.45) is 23.0 Å². The molecular weight excluding hydrogens is 380 g/mol. The number of benzene rings is 1. The molecular formula is C21H25ClN2O4. The number of rotatable bonds is 5. The van der Waals surface area contributed by atoms with Gasteiger partial charge in [0.25, 0.3) is 5.91 Å². The molecule has 4 fully saturated rings. The van der Waals surface area contributed by atoms with E-state index in [4.69, 9.17) is 22.1 Å². The fourth-order valence-corrected chi connectivity index (χ4v) is 6.38. The molecule has 6 nitrogen and oxygen atoms in total. The first kappa shape index (κ1) is 19.2. The van der Waals surface area contributed by atoms with Gasteiger partial charge in [0.15, 0.2) is 6.10 Å². The van der Waals surface area contributed by atoms with Crippen LogP contribution in [0.25, 0.3) is 0 Å². The highest BCUT2D eigenvalue weighted by molar-refractivity contribution is 6.24. The van der Waals surface area contributed by atoms with E-state index in [9.17, 15) is 14.4 Å². The third-order valence-corrected chi connectivity index (χ3v) is 6.95. The maximum Gasteiger partial charge on any atom is 0.312 e. The minimum Gasteiger partial charge on any atom is -0.452 e. The maximum absolute atomic E-state index is 13.0. The number of nitrogens with one attached hydrogen (secondary N) is 1. The molecule has 0 spiro atoms. The van der Waals surface area contributed by atoms with E-state index in [0.717, 1.165) is 32.1 Å². The summed E-state index contributed by atoms with van der Waals surface area (Å²) in [6.45, 7) is 1.57. The Morgan fingerprint density at radius 3 is 2.29 bits per heavy atom. The lowest BCUT2D eigenvalue weighted by atomic mass is 9.49. The maximum atomic E-state index is 13.0. The summed E-state index contributed by atoms with van der Waals surface area (Å²) >= 11 is 6.79. The molecule has 2 unspecified atom stereocenters. The lowest BCUT2D eigenvalue weighted by molar-refractivity contribution is -0.176. The number of halogens is 1. The van der Waals surface area contributed by atoms with Gasteiger partial charge in [0.05, 0.1) is 5.41 Å². The Morgan fingerprint density at radius 1 is 1.14 bits per heavy atom. The van der Waals surface area contributed by atoms with E-state index >= 15 is 0 Å². The van der Waals surface area contributed by atoms with Crippen LogP contribution in [0.1, 0.15) is 55.8 Å². The Morgan fingerprint density at radius 2 is 1.75 bits per heavy atom. The van der Waals surface area contributed by atoms with Gasteiger partial charge >= 0.3 is 5.97 Å². The van der Waals surface area contributed by atoms with Gasteiger partial charge in [-0.1, -0.05) is 0 Å². The summed E-state index contributed by atoms with van der Waals surface area (Å²) in [5.74, 6) is -0.268. The number of amides is 2. The second-order valence-corrected chi connectivity index (χ2v) is 9.67. The van der Waals surface area contributed by atoms with Crippen molar-refractivity contribution in [2.45, 2.75) is 56.4 Å². The van der Waals surface area contributed by atoms with E-state index in [-0.39, 0.29) is 10.8 Å². The number of hydrogen-bond donors (Lipinski definition) is 2. The van der Waals surface area contributed by atoms with Crippen LogP contribution in [0.5, 0.6) is 0 Å². The molecule has 2 amide bonds. The fraction of sp³-hybridized carbons (Fsp3) is 0.571. The zero-order valence-electron chi connectivity index (χ0n) is 15.9. The summed E-state index contributed by atoms with van der Waals surface area (Å²) in [6.07, 6.45) is 4.49. The molecule has 4 aliphatic rings. The van der Waals surface area contributed by atoms with Crippen LogP contribution in [0.3, 0.4) is 0 Å². The van der Waals surface area contributed by atoms with Crippen molar-refractivity contribution < 1.29 is 19.1 Å². The number of alkyl halides is 1. The average Bonchev–Trinajstić information content (AvgIpc) is 2.59. The van der Waals surface area contributed by atoms with Gasteiger partial charge in [0.1, 0.15) is 0 Å².